The number of aliphatic hydroxyl groups is 1. The maximum absolute atomic E-state index is 14.2. The van der Waals surface area contributed by atoms with Crippen LogP contribution in [0.5, 0.6) is 0 Å². The summed E-state index contributed by atoms with van der Waals surface area (Å²) in [6.07, 6.45) is 1.69. The first-order valence-electron chi connectivity index (χ1n) is 17.1. The third kappa shape index (κ3) is 11.9. The molecule has 0 bridgehead atoms. The Morgan fingerprint density at radius 3 is 2.04 bits per heavy atom. The van der Waals surface area contributed by atoms with Crippen molar-refractivity contribution in [3.05, 3.63) is 35.9 Å². The topological polar surface area (TPSA) is 200 Å². The number of carbonyl (C=O) groups is 6. The summed E-state index contributed by atoms with van der Waals surface area (Å²) in [6, 6.07) is 4.05. The molecule has 1 saturated heterocycles. The molecule has 0 aliphatic carbocycles. The van der Waals surface area contributed by atoms with Gasteiger partial charge in [0.25, 0.3) is 5.91 Å². The highest BCUT2D eigenvalue weighted by Crippen LogP contribution is 2.40. The standard InChI is InChI=1S/C35H56N6O7S2/c1-9-20(3)26(37-22(5)42)31(45)39-25(18-23-14-12-11-13-15-23)28(43)34(48)41-19-50-35(6,7)29(41)33(47)40-27(21(4)10-2)32(46)38-24(30(36)44)16-17-49-8/h11-15,20-21,24-29,43H,9-10,16-19H2,1-8H3,(H2,36,44)(H,37,42)(H,38,46)(H,39,45)(H,40,47)/t20-,21-,24-,25-,26-,27-,28-,29-/m0/s1. The van der Waals surface area contributed by atoms with E-state index < -0.39 is 70.6 Å². The summed E-state index contributed by atoms with van der Waals surface area (Å²) in [5.74, 6) is -3.40. The van der Waals surface area contributed by atoms with E-state index in [1.807, 2.05) is 45.2 Å². The van der Waals surface area contributed by atoms with E-state index in [0.29, 0.717) is 25.0 Å². The average molecular weight is 737 g/mol. The molecule has 50 heavy (non-hydrogen) atoms. The molecule has 7 N–H and O–H groups in total. The van der Waals surface area contributed by atoms with Gasteiger partial charge in [-0.2, -0.15) is 11.8 Å². The molecule has 1 fully saturated rings. The third-order valence-corrected chi connectivity index (χ3v) is 11.3. The Balaban J connectivity index is 2.40. The van der Waals surface area contributed by atoms with Crippen LogP contribution in [0.3, 0.4) is 0 Å². The van der Waals surface area contributed by atoms with Gasteiger partial charge in [-0.15, -0.1) is 11.8 Å². The molecule has 0 aromatic heterocycles. The molecule has 1 heterocycles. The van der Waals surface area contributed by atoms with Crippen molar-refractivity contribution in [1.29, 1.82) is 0 Å². The monoisotopic (exact) mass is 736 g/mol. The first-order valence-corrected chi connectivity index (χ1v) is 19.5. The molecule has 2 rings (SSSR count). The minimum Gasteiger partial charge on any atom is -0.381 e. The molecule has 15 heteroatoms. The van der Waals surface area contributed by atoms with Crippen molar-refractivity contribution in [2.45, 2.75) is 115 Å². The van der Waals surface area contributed by atoms with Crippen LogP contribution < -0.4 is 27.0 Å². The molecule has 8 atom stereocenters. The fourth-order valence-corrected chi connectivity index (χ4v) is 7.39. The maximum Gasteiger partial charge on any atom is 0.254 e. The molecule has 0 unspecified atom stereocenters. The Morgan fingerprint density at radius 2 is 1.52 bits per heavy atom. The number of primary amides is 1. The first-order chi connectivity index (χ1) is 23.5. The lowest BCUT2D eigenvalue weighted by molar-refractivity contribution is -0.148. The number of hydrogen-bond donors (Lipinski definition) is 6. The average Bonchev–Trinajstić information content (AvgIpc) is 3.40. The second-order valence-corrected chi connectivity index (χ2v) is 16.1. The predicted octanol–water partition coefficient (Wildman–Crippen LogP) is 1.56. The zero-order valence-electron chi connectivity index (χ0n) is 30.5. The number of amides is 6. The normalized spacial score (nSPS) is 19.5. The number of thioether (sulfide) groups is 2. The Kier molecular flexibility index (Phi) is 17.1. The predicted molar refractivity (Wildman–Crippen MR) is 198 cm³/mol. The molecular formula is C35H56N6O7S2. The van der Waals surface area contributed by atoms with Gasteiger partial charge in [-0.25, -0.2) is 0 Å². The van der Waals surface area contributed by atoms with Crippen LogP contribution in [0.4, 0.5) is 0 Å². The van der Waals surface area contributed by atoms with Crippen LogP contribution in [-0.2, 0) is 35.2 Å². The van der Waals surface area contributed by atoms with E-state index in [9.17, 15) is 33.9 Å². The number of hydrogen-bond acceptors (Lipinski definition) is 9. The SMILES string of the molecule is CC[C@H](C)[C@H](NC(C)=O)C(=O)N[C@@H](Cc1ccccc1)[C@H](O)C(=O)N1CSC(C)(C)[C@@H]1C(=O)N[C@H](C(=O)N[C@@H](CCSC)C(N)=O)[C@@H](C)CC. The number of nitrogens with one attached hydrogen (secondary N) is 4. The first kappa shape index (κ1) is 42.9. The summed E-state index contributed by atoms with van der Waals surface area (Å²) in [7, 11) is 0. The Hall–Kier alpha value is -3.30. The highest BCUT2D eigenvalue weighted by atomic mass is 32.2. The molecule has 13 nitrogen and oxygen atoms in total. The third-order valence-electron chi connectivity index (χ3n) is 9.26. The van der Waals surface area contributed by atoms with Crippen molar-refractivity contribution in [3.8, 4) is 0 Å². The number of rotatable bonds is 19. The second kappa shape index (κ2) is 19.9. The van der Waals surface area contributed by atoms with Gasteiger partial charge in [0.1, 0.15) is 24.2 Å². The van der Waals surface area contributed by atoms with Gasteiger partial charge in [-0.3, -0.25) is 28.8 Å². The smallest absolute Gasteiger partial charge is 0.254 e. The Bertz CT molecular complexity index is 1330. The van der Waals surface area contributed by atoms with Crippen molar-refractivity contribution < 1.29 is 33.9 Å². The highest BCUT2D eigenvalue weighted by molar-refractivity contribution is 8.00. The Labute approximate surface area is 304 Å². The molecule has 1 aromatic carbocycles. The summed E-state index contributed by atoms with van der Waals surface area (Å²) in [6.45, 7) is 12.3. The number of nitrogens with two attached hydrogens (primary N) is 1. The molecule has 0 radical (unpaired) electrons. The van der Waals surface area contributed by atoms with Crippen molar-refractivity contribution in [1.82, 2.24) is 26.2 Å². The van der Waals surface area contributed by atoms with Crippen LogP contribution in [0.25, 0.3) is 0 Å². The summed E-state index contributed by atoms with van der Waals surface area (Å²) in [5, 5.41) is 22.7. The van der Waals surface area contributed by atoms with Crippen molar-refractivity contribution in [3.63, 3.8) is 0 Å². The summed E-state index contributed by atoms with van der Waals surface area (Å²) in [5.41, 5.74) is 6.30. The molecule has 0 spiro atoms. The van der Waals surface area contributed by atoms with E-state index in [4.69, 9.17) is 5.73 Å². The van der Waals surface area contributed by atoms with Gasteiger partial charge >= 0.3 is 0 Å². The fourth-order valence-electron chi connectivity index (χ4n) is 5.77. The lowest BCUT2D eigenvalue weighted by Gasteiger charge is -2.35. The van der Waals surface area contributed by atoms with Gasteiger partial charge in [0.05, 0.1) is 11.9 Å². The largest absolute Gasteiger partial charge is 0.381 e. The van der Waals surface area contributed by atoms with E-state index in [1.54, 1.807) is 32.9 Å². The molecule has 1 aromatic rings. The van der Waals surface area contributed by atoms with E-state index in [1.165, 1.54) is 35.3 Å². The van der Waals surface area contributed by atoms with Crippen molar-refractivity contribution in [2.75, 3.05) is 17.9 Å². The van der Waals surface area contributed by atoms with Crippen LogP contribution in [-0.4, -0.2) is 104 Å². The lowest BCUT2D eigenvalue weighted by Crippen LogP contribution is -2.62. The van der Waals surface area contributed by atoms with E-state index in [0.717, 1.165) is 5.56 Å². The number of carbonyl (C=O) groups excluding carboxylic acids is 6. The summed E-state index contributed by atoms with van der Waals surface area (Å²) in [4.78, 5) is 80.6. The van der Waals surface area contributed by atoms with Crippen LogP contribution in [0.1, 0.15) is 73.3 Å². The Morgan fingerprint density at radius 1 is 0.960 bits per heavy atom. The number of benzene rings is 1. The molecule has 0 saturated carbocycles. The summed E-state index contributed by atoms with van der Waals surface area (Å²) >= 11 is 2.85. The van der Waals surface area contributed by atoms with Crippen LogP contribution in [0.2, 0.25) is 0 Å². The molecule has 280 valence electrons. The van der Waals surface area contributed by atoms with E-state index >= 15 is 0 Å². The zero-order chi connectivity index (χ0) is 37.8. The highest BCUT2D eigenvalue weighted by Gasteiger charge is 2.50. The lowest BCUT2D eigenvalue weighted by atomic mass is 9.94. The van der Waals surface area contributed by atoms with Gasteiger partial charge in [0.15, 0.2) is 6.10 Å². The van der Waals surface area contributed by atoms with Gasteiger partial charge in [-0.05, 0) is 56.1 Å². The van der Waals surface area contributed by atoms with Gasteiger partial charge in [0, 0.05) is 11.7 Å². The van der Waals surface area contributed by atoms with Crippen LogP contribution in [0.15, 0.2) is 30.3 Å². The number of aliphatic hydroxyl groups excluding tert-OH is 1. The maximum atomic E-state index is 14.2. The number of nitrogens with zero attached hydrogens (tertiary/aromatic N) is 1. The van der Waals surface area contributed by atoms with Crippen LogP contribution >= 0.6 is 23.5 Å². The zero-order valence-corrected chi connectivity index (χ0v) is 32.1. The molecule has 1 aliphatic rings. The van der Waals surface area contributed by atoms with Gasteiger partial charge < -0.3 is 37.0 Å². The molecule has 1 aliphatic heterocycles. The molecular weight excluding hydrogens is 681 g/mol. The van der Waals surface area contributed by atoms with E-state index in [2.05, 4.69) is 21.3 Å². The van der Waals surface area contributed by atoms with E-state index in [-0.39, 0.29) is 30.0 Å². The van der Waals surface area contributed by atoms with Gasteiger partial charge in [-0.1, -0.05) is 70.9 Å². The van der Waals surface area contributed by atoms with Crippen molar-refractivity contribution >= 4 is 59.0 Å². The fraction of sp³-hybridized carbons (Fsp3) is 0.657. The van der Waals surface area contributed by atoms with Gasteiger partial charge in [0.2, 0.25) is 29.5 Å². The van der Waals surface area contributed by atoms with Crippen LogP contribution in [0, 0.1) is 11.8 Å². The minimum atomic E-state index is -1.75. The second-order valence-electron chi connectivity index (χ2n) is 13.5. The minimum absolute atomic E-state index is 0.0764. The molecule has 6 amide bonds. The quantitative estimate of drug-likeness (QED) is 0.122. The van der Waals surface area contributed by atoms with Crippen molar-refractivity contribution in [2.24, 2.45) is 17.6 Å². The summed E-state index contributed by atoms with van der Waals surface area (Å²) < 4.78 is -0.810.